The minimum atomic E-state index is -4.35. The van der Waals surface area contributed by atoms with Gasteiger partial charge in [0, 0.05) is 6.42 Å². The van der Waals surface area contributed by atoms with E-state index in [-0.39, 0.29) is 6.42 Å². The van der Waals surface area contributed by atoms with Crippen LogP contribution in [0.3, 0.4) is 0 Å². The molecule has 0 saturated heterocycles. The molecule has 0 amide bonds. The highest BCUT2D eigenvalue weighted by Gasteiger charge is 2.45. The molecule has 2 nitrogen and oxygen atoms in total. The van der Waals surface area contributed by atoms with Crippen molar-refractivity contribution in [1.82, 2.24) is 0 Å². The monoisotopic (exact) mass is 215 g/mol. The minimum absolute atomic E-state index is 0.215. The van der Waals surface area contributed by atoms with E-state index in [9.17, 15) is 13.2 Å². The molecule has 0 radical (unpaired) electrons. The lowest BCUT2D eigenvalue weighted by atomic mass is 10.1. The third-order valence-electron chi connectivity index (χ3n) is 2.14. The molecule has 1 aliphatic heterocycles. The third-order valence-corrected chi connectivity index (χ3v) is 2.14. The maximum Gasteiger partial charge on any atom is 0.428 e. The molecule has 1 aromatic rings. The largest absolute Gasteiger partial charge is 0.428 e. The van der Waals surface area contributed by atoms with Crippen LogP contribution in [-0.4, -0.2) is 18.0 Å². The Balaban J connectivity index is 2.11. The van der Waals surface area contributed by atoms with Gasteiger partial charge in [0.25, 0.3) is 0 Å². The van der Waals surface area contributed by atoms with E-state index < -0.39 is 12.3 Å². The third kappa shape index (κ3) is 2.11. The van der Waals surface area contributed by atoms with Crippen molar-refractivity contribution < 1.29 is 18.0 Å². The van der Waals surface area contributed by atoms with Crippen molar-refractivity contribution in [2.75, 3.05) is 0 Å². The fourth-order valence-corrected chi connectivity index (χ4v) is 1.35. The van der Waals surface area contributed by atoms with Crippen LogP contribution < -0.4 is 0 Å². The van der Waals surface area contributed by atoms with Gasteiger partial charge in [-0.3, -0.25) is 0 Å². The van der Waals surface area contributed by atoms with Crippen LogP contribution in [0, 0.1) is 0 Å². The van der Waals surface area contributed by atoms with Gasteiger partial charge in [0.1, 0.15) is 0 Å². The summed E-state index contributed by atoms with van der Waals surface area (Å²) in [5.41, 5.74) is 1.02. The molecule has 15 heavy (non-hydrogen) atoms. The second kappa shape index (κ2) is 3.56. The van der Waals surface area contributed by atoms with Gasteiger partial charge in [-0.25, -0.2) is 0 Å². The SMILES string of the molecule is FC(F)(F)[C@H]1CC(c2ccccc2)=NO1. The molecule has 0 N–H and O–H groups in total. The Morgan fingerprint density at radius 3 is 2.40 bits per heavy atom. The van der Waals surface area contributed by atoms with Crippen molar-refractivity contribution in [1.29, 1.82) is 0 Å². The number of hydrogen-bond acceptors (Lipinski definition) is 2. The van der Waals surface area contributed by atoms with Crippen molar-refractivity contribution in [3.05, 3.63) is 35.9 Å². The molecule has 0 bridgehead atoms. The summed E-state index contributed by atoms with van der Waals surface area (Å²) >= 11 is 0. The summed E-state index contributed by atoms with van der Waals surface area (Å²) < 4.78 is 36.8. The molecular weight excluding hydrogens is 207 g/mol. The number of nitrogens with zero attached hydrogens (tertiary/aromatic N) is 1. The lowest BCUT2D eigenvalue weighted by Gasteiger charge is -2.11. The minimum Gasteiger partial charge on any atom is -0.382 e. The van der Waals surface area contributed by atoms with E-state index in [0.717, 1.165) is 0 Å². The predicted molar refractivity (Wildman–Crippen MR) is 48.5 cm³/mol. The van der Waals surface area contributed by atoms with E-state index >= 15 is 0 Å². The first kappa shape index (κ1) is 10.0. The Morgan fingerprint density at radius 2 is 1.87 bits per heavy atom. The van der Waals surface area contributed by atoms with E-state index in [2.05, 4.69) is 9.99 Å². The summed E-state index contributed by atoms with van der Waals surface area (Å²) in [7, 11) is 0. The Kier molecular flexibility index (Phi) is 2.38. The maximum absolute atomic E-state index is 12.3. The number of rotatable bonds is 1. The topological polar surface area (TPSA) is 21.6 Å². The van der Waals surface area contributed by atoms with E-state index in [1.807, 2.05) is 0 Å². The quantitative estimate of drug-likeness (QED) is 0.705. The maximum atomic E-state index is 12.3. The normalized spacial score (nSPS) is 21.0. The van der Waals surface area contributed by atoms with Crippen LogP contribution in [0.15, 0.2) is 35.5 Å². The number of hydrogen-bond donors (Lipinski definition) is 0. The summed E-state index contributed by atoms with van der Waals surface area (Å²) in [5.74, 6) is 0. The first-order chi connectivity index (χ1) is 7.07. The van der Waals surface area contributed by atoms with Crippen LogP contribution in [0.25, 0.3) is 0 Å². The van der Waals surface area contributed by atoms with Crippen molar-refractivity contribution in [3.63, 3.8) is 0 Å². The van der Waals surface area contributed by atoms with E-state index in [1.54, 1.807) is 30.3 Å². The van der Waals surface area contributed by atoms with Gasteiger partial charge >= 0.3 is 6.18 Å². The van der Waals surface area contributed by atoms with Crippen molar-refractivity contribution >= 4 is 5.71 Å². The molecule has 1 aliphatic rings. The van der Waals surface area contributed by atoms with Gasteiger partial charge in [0.2, 0.25) is 6.10 Å². The van der Waals surface area contributed by atoms with E-state index in [4.69, 9.17) is 0 Å². The van der Waals surface area contributed by atoms with E-state index in [0.29, 0.717) is 11.3 Å². The van der Waals surface area contributed by atoms with Crippen molar-refractivity contribution in [3.8, 4) is 0 Å². The van der Waals surface area contributed by atoms with E-state index in [1.165, 1.54) is 0 Å². The molecule has 80 valence electrons. The van der Waals surface area contributed by atoms with Crippen LogP contribution in [0.4, 0.5) is 13.2 Å². The molecule has 0 saturated carbocycles. The van der Waals surface area contributed by atoms with Gasteiger partial charge in [-0.2, -0.15) is 13.2 Å². The van der Waals surface area contributed by atoms with Gasteiger partial charge in [0.15, 0.2) is 0 Å². The molecule has 2 rings (SSSR count). The number of halogens is 3. The summed E-state index contributed by atoms with van der Waals surface area (Å²) in [5, 5.41) is 3.45. The smallest absolute Gasteiger partial charge is 0.382 e. The van der Waals surface area contributed by atoms with Crippen molar-refractivity contribution in [2.24, 2.45) is 5.16 Å². The lowest BCUT2D eigenvalue weighted by Crippen LogP contribution is -2.28. The highest BCUT2D eigenvalue weighted by Crippen LogP contribution is 2.30. The summed E-state index contributed by atoms with van der Waals surface area (Å²) in [6.45, 7) is 0. The van der Waals surface area contributed by atoms with Gasteiger partial charge in [-0.15, -0.1) is 0 Å². The first-order valence-corrected chi connectivity index (χ1v) is 4.42. The van der Waals surface area contributed by atoms with Gasteiger partial charge in [-0.1, -0.05) is 35.5 Å². The molecule has 1 atom stereocenters. The highest BCUT2D eigenvalue weighted by atomic mass is 19.4. The number of oxime groups is 1. The number of alkyl halides is 3. The van der Waals surface area contributed by atoms with Crippen molar-refractivity contribution in [2.45, 2.75) is 18.7 Å². The molecule has 0 spiro atoms. The molecule has 0 aliphatic carbocycles. The van der Waals surface area contributed by atoms with Crippen LogP contribution in [-0.2, 0) is 4.84 Å². The first-order valence-electron chi connectivity index (χ1n) is 4.42. The molecule has 0 unspecified atom stereocenters. The molecule has 0 fully saturated rings. The average Bonchev–Trinajstić information content (AvgIpc) is 2.67. The summed E-state index contributed by atoms with van der Waals surface area (Å²) in [4.78, 5) is 4.35. The zero-order valence-electron chi connectivity index (χ0n) is 7.66. The second-order valence-electron chi connectivity index (χ2n) is 3.24. The molecule has 1 aromatic carbocycles. The average molecular weight is 215 g/mol. The highest BCUT2D eigenvalue weighted by molar-refractivity contribution is 6.01. The fraction of sp³-hybridized carbons (Fsp3) is 0.300. The number of benzene rings is 1. The summed E-state index contributed by atoms with van der Waals surface area (Å²) in [6, 6.07) is 8.71. The fourth-order valence-electron chi connectivity index (χ4n) is 1.35. The molecule has 0 aromatic heterocycles. The molecular formula is C10H8F3NO. The Bertz CT molecular complexity index is 372. The Hall–Kier alpha value is -1.52. The van der Waals surface area contributed by atoms with Crippen LogP contribution in [0.5, 0.6) is 0 Å². The zero-order valence-corrected chi connectivity index (χ0v) is 7.66. The van der Waals surface area contributed by atoms with Crippen LogP contribution >= 0.6 is 0 Å². The second-order valence-corrected chi connectivity index (χ2v) is 3.24. The predicted octanol–water partition coefficient (Wildman–Crippen LogP) is 2.74. The molecule has 1 heterocycles. The van der Waals surface area contributed by atoms with Crippen LogP contribution in [0.2, 0.25) is 0 Å². The van der Waals surface area contributed by atoms with Gasteiger partial charge in [0.05, 0.1) is 5.71 Å². The lowest BCUT2D eigenvalue weighted by molar-refractivity contribution is -0.212. The van der Waals surface area contributed by atoms with Crippen LogP contribution in [0.1, 0.15) is 12.0 Å². The zero-order chi connectivity index (χ0) is 10.9. The Morgan fingerprint density at radius 1 is 1.20 bits per heavy atom. The van der Waals surface area contributed by atoms with Gasteiger partial charge in [-0.05, 0) is 5.56 Å². The molecule has 5 heteroatoms. The van der Waals surface area contributed by atoms with Gasteiger partial charge < -0.3 is 4.84 Å². The Labute approximate surface area is 84.3 Å². The standard InChI is InChI=1S/C10H8F3NO/c11-10(12,13)9-6-8(14-15-9)7-4-2-1-3-5-7/h1-5,9H,6H2/t9-/m1/s1. The summed E-state index contributed by atoms with van der Waals surface area (Å²) in [6.07, 6.45) is -6.36.